The van der Waals surface area contributed by atoms with Gasteiger partial charge in [-0.25, -0.2) is 4.98 Å². The number of nitrogens with one attached hydrogen (secondary N) is 1. The highest BCUT2D eigenvalue weighted by Gasteiger charge is 2.40. The highest BCUT2D eigenvalue weighted by Crippen LogP contribution is 2.35. The van der Waals surface area contributed by atoms with Crippen molar-refractivity contribution >= 4 is 22.3 Å². The summed E-state index contributed by atoms with van der Waals surface area (Å²) in [6.45, 7) is 2.76. The molecule has 2 atom stereocenters. The number of morpholine rings is 1. The van der Waals surface area contributed by atoms with E-state index < -0.39 is 4.92 Å². The number of aromatic nitrogens is 2. The van der Waals surface area contributed by atoms with Crippen LogP contribution < -0.4 is 10.5 Å². The molecule has 2 unspecified atom stereocenters. The number of benzene rings is 1. The molecular formula is C15H17N5O4. The van der Waals surface area contributed by atoms with Gasteiger partial charge in [0, 0.05) is 25.7 Å². The van der Waals surface area contributed by atoms with Crippen LogP contribution >= 0.6 is 0 Å². The first-order valence-corrected chi connectivity index (χ1v) is 7.77. The molecule has 1 N–H and O–H groups in total. The van der Waals surface area contributed by atoms with Crippen LogP contribution in [0.1, 0.15) is 0 Å². The number of anilines is 1. The van der Waals surface area contributed by atoms with Gasteiger partial charge < -0.3 is 14.6 Å². The lowest BCUT2D eigenvalue weighted by molar-refractivity contribution is -0.384. The van der Waals surface area contributed by atoms with E-state index in [1.165, 1.54) is 12.4 Å². The molecule has 4 rings (SSSR count). The van der Waals surface area contributed by atoms with Gasteiger partial charge in [0.2, 0.25) is 0 Å². The van der Waals surface area contributed by atoms with Crippen LogP contribution in [-0.4, -0.2) is 65.2 Å². The van der Waals surface area contributed by atoms with E-state index in [-0.39, 0.29) is 28.8 Å². The van der Waals surface area contributed by atoms with Crippen molar-refractivity contribution in [1.82, 2.24) is 14.9 Å². The molecule has 1 aromatic heterocycles. The number of likely N-dealkylation sites (N-methyl/N-ethyl adjacent to an activating group) is 1. The number of rotatable bonds is 2. The first-order chi connectivity index (χ1) is 11.5. The third kappa shape index (κ3) is 2.33. The maximum Gasteiger partial charge on any atom is 0.293 e. The zero-order chi connectivity index (χ0) is 16.8. The molecule has 2 aliphatic rings. The van der Waals surface area contributed by atoms with Crippen LogP contribution in [0.2, 0.25) is 0 Å². The van der Waals surface area contributed by atoms with Gasteiger partial charge in [-0.05, 0) is 13.1 Å². The first-order valence-electron chi connectivity index (χ1n) is 7.77. The van der Waals surface area contributed by atoms with Gasteiger partial charge in [0.1, 0.15) is 5.69 Å². The van der Waals surface area contributed by atoms with E-state index >= 15 is 0 Å². The van der Waals surface area contributed by atoms with Crippen molar-refractivity contribution in [3.63, 3.8) is 0 Å². The molecule has 0 bridgehead atoms. The second-order valence-electron chi connectivity index (χ2n) is 6.21. The van der Waals surface area contributed by atoms with E-state index in [9.17, 15) is 14.9 Å². The van der Waals surface area contributed by atoms with Crippen molar-refractivity contribution in [3.05, 3.63) is 38.9 Å². The molecule has 2 aromatic rings. The maximum atomic E-state index is 11.9. The normalized spacial score (nSPS) is 24.3. The molecule has 3 heterocycles. The van der Waals surface area contributed by atoms with Crippen molar-refractivity contribution in [1.29, 1.82) is 0 Å². The predicted molar refractivity (Wildman–Crippen MR) is 87.4 cm³/mol. The van der Waals surface area contributed by atoms with Gasteiger partial charge in [-0.1, -0.05) is 0 Å². The largest absolute Gasteiger partial charge is 0.373 e. The lowest BCUT2D eigenvalue weighted by Gasteiger charge is -2.33. The molecule has 0 saturated carbocycles. The molecule has 24 heavy (non-hydrogen) atoms. The van der Waals surface area contributed by atoms with Gasteiger partial charge in [0.05, 0.1) is 40.9 Å². The molecule has 0 aliphatic carbocycles. The highest BCUT2D eigenvalue weighted by molar-refractivity contribution is 5.87. The Morgan fingerprint density at radius 2 is 2.25 bits per heavy atom. The maximum absolute atomic E-state index is 11.9. The molecule has 0 radical (unpaired) electrons. The standard InChI is InChI=1S/C15H17N5O4/c1-18-2-3-24-14-7-19(6-13(14)18)11-5-10-9(4-12(11)20(22)23)15(21)17-8-16-10/h4-5,8,13-14H,2-3,6-7H2,1H3,(H,16,17,21). The summed E-state index contributed by atoms with van der Waals surface area (Å²) in [7, 11) is 2.04. The predicted octanol–water partition coefficient (Wildman–Crippen LogP) is 0.350. The summed E-state index contributed by atoms with van der Waals surface area (Å²) in [5.74, 6) is 0. The molecule has 0 spiro atoms. The summed E-state index contributed by atoms with van der Waals surface area (Å²) in [6, 6.07) is 3.14. The molecule has 126 valence electrons. The van der Waals surface area contributed by atoms with Crippen molar-refractivity contribution < 1.29 is 9.66 Å². The van der Waals surface area contributed by atoms with Gasteiger partial charge in [-0.3, -0.25) is 19.8 Å². The first kappa shape index (κ1) is 15.0. The van der Waals surface area contributed by atoms with Crippen LogP contribution in [0.25, 0.3) is 10.9 Å². The Labute approximate surface area is 137 Å². The minimum atomic E-state index is -0.451. The topological polar surface area (TPSA) is 105 Å². The molecule has 2 saturated heterocycles. The summed E-state index contributed by atoms with van der Waals surface area (Å²) in [5.41, 5.74) is 0.468. The summed E-state index contributed by atoms with van der Waals surface area (Å²) >= 11 is 0. The Bertz CT molecular complexity index is 867. The number of nitro groups is 1. The second kappa shape index (κ2) is 5.53. The van der Waals surface area contributed by atoms with Crippen molar-refractivity contribution in [3.8, 4) is 0 Å². The average molecular weight is 331 g/mol. The summed E-state index contributed by atoms with van der Waals surface area (Å²) in [6.07, 6.45) is 1.34. The summed E-state index contributed by atoms with van der Waals surface area (Å²) < 4.78 is 5.81. The van der Waals surface area contributed by atoms with Gasteiger partial charge in [-0.15, -0.1) is 0 Å². The minimum absolute atomic E-state index is 0.0335. The second-order valence-corrected chi connectivity index (χ2v) is 6.21. The summed E-state index contributed by atoms with van der Waals surface area (Å²) in [5, 5.41) is 11.7. The lowest BCUT2D eigenvalue weighted by atomic mass is 10.1. The van der Waals surface area contributed by atoms with Gasteiger partial charge in [0.25, 0.3) is 11.2 Å². The van der Waals surface area contributed by atoms with E-state index in [1.807, 2.05) is 11.9 Å². The Balaban J connectivity index is 1.80. The van der Waals surface area contributed by atoms with Crippen LogP contribution in [-0.2, 0) is 4.74 Å². The van der Waals surface area contributed by atoms with E-state index in [2.05, 4.69) is 14.9 Å². The molecule has 1 aromatic carbocycles. The van der Waals surface area contributed by atoms with Gasteiger partial charge >= 0.3 is 0 Å². The van der Waals surface area contributed by atoms with Gasteiger partial charge in [0.15, 0.2) is 0 Å². The fraction of sp³-hybridized carbons (Fsp3) is 0.467. The number of H-pyrrole nitrogens is 1. The third-order valence-corrected chi connectivity index (χ3v) is 4.85. The van der Waals surface area contributed by atoms with Crippen LogP contribution in [0.15, 0.2) is 23.3 Å². The Morgan fingerprint density at radius 1 is 1.42 bits per heavy atom. The zero-order valence-electron chi connectivity index (χ0n) is 13.1. The highest BCUT2D eigenvalue weighted by atomic mass is 16.6. The molecule has 2 aliphatic heterocycles. The van der Waals surface area contributed by atoms with E-state index in [4.69, 9.17) is 4.74 Å². The number of ether oxygens (including phenoxy) is 1. The molecule has 9 nitrogen and oxygen atoms in total. The van der Waals surface area contributed by atoms with Crippen LogP contribution in [0, 0.1) is 10.1 Å². The molecule has 2 fully saturated rings. The monoisotopic (exact) mass is 331 g/mol. The molecule has 0 amide bonds. The lowest BCUT2D eigenvalue weighted by Crippen LogP contribution is -2.48. The average Bonchev–Trinajstić information content (AvgIpc) is 2.99. The van der Waals surface area contributed by atoms with Gasteiger partial charge in [-0.2, -0.15) is 0 Å². The number of hydrogen-bond acceptors (Lipinski definition) is 7. The molecular weight excluding hydrogens is 314 g/mol. The number of aromatic amines is 1. The van der Waals surface area contributed by atoms with E-state index in [0.29, 0.717) is 30.9 Å². The Hall–Kier alpha value is -2.52. The smallest absolute Gasteiger partial charge is 0.293 e. The Kier molecular flexibility index (Phi) is 3.47. The number of fused-ring (bicyclic) bond motifs is 2. The third-order valence-electron chi connectivity index (χ3n) is 4.85. The fourth-order valence-corrected chi connectivity index (χ4v) is 3.55. The van der Waals surface area contributed by atoms with Crippen LogP contribution in [0.4, 0.5) is 11.4 Å². The van der Waals surface area contributed by atoms with Crippen molar-refractivity contribution in [2.24, 2.45) is 0 Å². The number of nitro benzene ring substituents is 1. The minimum Gasteiger partial charge on any atom is -0.373 e. The zero-order valence-corrected chi connectivity index (χ0v) is 13.1. The van der Waals surface area contributed by atoms with Crippen LogP contribution in [0.5, 0.6) is 0 Å². The number of nitrogens with zero attached hydrogens (tertiary/aromatic N) is 4. The van der Waals surface area contributed by atoms with Crippen molar-refractivity contribution in [2.45, 2.75) is 12.1 Å². The number of hydrogen-bond donors (Lipinski definition) is 1. The fourth-order valence-electron chi connectivity index (χ4n) is 3.55. The van der Waals surface area contributed by atoms with Crippen molar-refractivity contribution in [2.75, 3.05) is 38.2 Å². The van der Waals surface area contributed by atoms with Crippen LogP contribution in [0.3, 0.4) is 0 Å². The SMILES string of the molecule is CN1CCOC2CN(c3cc4nc[nH]c(=O)c4cc3[N+](=O)[O-])CC21. The summed E-state index contributed by atoms with van der Waals surface area (Å²) in [4.78, 5) is 33.7. The quantitative estimate of drug-likeness (QED) is 0.625. The molecule has 9 heteroatoms. The van der Waals surface area contributed by atoms with E-state index in [0.717, 1.165) is 6.54 Å². The van der Waals surface area contributed by atoms with E-state index in [1.54, 1.807) is 6.07 Å². The Morgan fingerprint density at radius 3 is 3.00 bits per heavy atom.